The van der Waals surface area contributed by atoms with Gasteiger partial charge in [0, 0.05) is 82.5 Å². The van der Waals surface area contributed by atoms with E-state index in [2.05, 4.69) is 78.8 Å². The number of benzene rings is 4. The Balaban J connectivity index is 0.00000327. The van der Waals surface area contributed by atoms with E-state index in [1.807, 2.05) is 84.0 Å². The number of aromatic hydroxyl groups is 1. The van der Waals surface area contributed by atoms with E-state index in [4.69, 9.17) is 33.0 Å². The summed E-state index contributed by atoms with van der Waals surface area (Å²) in [6, 6.07) is 15.9. The Morgan fingerprint density at radius 2 is 1.00 bits per heavy atom. The van der Waals surface area contributed by atoms with Crippen LogP contribution in [-0.2, 0) is 78.4 Å². The highest BCUT2D eigenvalue weighted by Gasteiger charge is 2.41. The van der Waals surface area contributed by atoms with Crippen molar-refractivity contribution >= 4 is 99.3 Å². The largest absolute Gasteiger partial charge is 0.508 e. The first-order valence-electron chi connectivity index (χ1n) is 38.9. The summed E-state index contributed by atoms with van der Waals surface area (Å²) >= 11 is 6.24. The molecule has 116 heavy (non-hydrogen) atoms. The Hall–Kier alpha value is -11.2. The molecule has 1 fully saturated rings. The summed E-state index contributed by atoms with van der Waals surface area (Å²) in [5.41, 5.74) is 14.3. The lowest BCUT2D eigenvalue weighted by molar-refractivity contribution is -0.192. The number of rotatable bonds is 43. The van der Waals surface area contributed by atoms with E-state index in [1.165, 1.54) is 48.5 Å². The predicted octanol–water partition coefficient (Wildman–Crippen LogP) is 2.73. The minimum atomic E-state index is -5.08. The monoisotopic (exact) mass is 1640 g/mol. The maximum absolute atomic E-state index is 15.2. The molecule has 0 spiro atoms. The third kappa shape index (κ3) is 33.3. The van der Waals surface area contributed by atoms with Gasteiger partial charge in [-0.1, -0.05) is 98.2 Å². The molecule has 0 bridgehead atoms. The zero-order valence-electron chi connectivity index (χ0n) is 66.5. The van der Waals surface area contributed by atoms with Crippen LogP contribution >= 0.6 is 11.6 Å². The Bertz CT molecular complexity index is 4080. The van der Waals surface area contributed by atoms with Crippen LogP contribution in [0.4, 0.5) is 13.2 Å². The van der Waals surface area contributed by atoms with Gasteiger partial charge in [0.25, 0.3) is 0 Å². The molecule has 10 atom stereocenters. The number of carbonyl (C=O) groups is 11. The zero-order chi connectivity index (χ0) is 85.4. The second-order valence-corrected chi connectivity index (χ2v) is 28.6. The van der Waals surface area contributed by atoms with Gasteiger partial charge in [0.15, 0.2) is 11.9 Å². The summed E-state index contributed by atoms with van der Waals surface area (Å²) in [7, 11) is 0. The fourth-order valence-electron chi connectivity index (χ4n) is 12.4. The number of likely N-dealkylation sites (tertiary alicyclic amines) is 1. The van der Waals surface area contributed by atoms with Gasteiger partial charge in [0.05, 0.1) is 12.6 Å². The maximum atomic E-state index is 15.2. The molecule has 5 aromatic rings. The number of phenolic OH excluding ortho intramolecular Hbond substituents is 1. The number of aliphatic hydroxyl groups excluding tert-OH is 1. The number of pyridine rings is 1. The van der Waals surface area contributed by atoms with Gasteiger partial charge in [-0.2, -0.15) is 13.2 Å². The normalized spacial score (nSPS) is 14.7. The molecule has 1 aromatic heterocycles. The number of primary amides is 1. The van der Waals surface area contributed by atoms with Crippen molar-refractivity contribution in [2.24, 2.45) is 27.4 Å². The zero-order valence-corrected chi connectivity index (χ0v) is 67.2. The van der Waals surface area contributed by atoms with Gasteiger partial charge >= 0.3 is 12.1 Å². The summed E-state index contributed by atoms with van der Waals surface area (Å²) < 4.78 is 31.7. The SMILES string of the molecule is CCNC(=NCCCC[C@H](NC(=O)[C@H](CC(C)C)NC(=O)[C@@H](CCCCN=C(NCC)NCC)NC(=O)[C@H](Cc1ccc(O)cc1)NC(=O)[C@H](CO)NC(=O)[C@@H](Cc1cccnc1)NC(=O)[C@@H](Cc1ccc(Cl)cc1)NC(=O)[C@H](N)Cc1ccc2ccccc2c1)C(=O)N1CCC[C@H]1C(=O)N[C@H](C)C(N)=O)NCC.O=C(O)C(F)(F)F. The number of aromatic nitrogens is 1. The third-order valence-electron chi connectivity index (χ3n) is 18.4. The van der Waals surface area contributed by atoms with E-state index >= 15 is 9.59 Å². The highest BCUT2D eigenvalue weighted by Crippen LogP contribution is 2.23. The van der Waals surface area contributed by atoms with Crippen LogP contribution in [0.2, 0.25) is 5.02 Å². The summed E-state index contributed by atoms with van der Waals surface area (Å²) in [6.07, 6.45) is -0.0361. The molecule has 0 saturated carbocycles. The van der Waals surface area contributed by atoms with Gasteiger partial charge in [-0.15, -0.1) is 0 Å². The quantitative estimate of drug-likeness (QED) is 0.0151. The van der Waals surface area contributed by atoms with Gasteiger partial charge in [-0.05, 0) is 168 Å². The maximum Gasteiger partial charge on any atom is 0.490 e. The second-order valence-electron chi connectivity index (χ2n) is 28.2. The van der Waals surface area contributed by atoms with E-state index in [0.29, 0.717) is 105 Å². The molecule has 0 aliphatic carbocycles. The fraction of sp³-hybridized carbons (Fsp3) is 0.500. The number of carbonyl (C=O) groups excluding carboxylic acids is 10. The minimum absolute atomic E-state index is 0.0257. The predicted molar refractivity (Wildman–Crippen MR) is 433 cm³/mol. The van der Waals surface area contributed by atoms with Gasteiger partial charge in [0.2, 0.25) is 59.1 Å². The van der Waals surface area contributed by atoms with Crippen LogP contribution in [-0.4, -0.2) is 221 Å². The van der Waals surface area contributed by atoms with Crippen molar-refractivity contribution in [1.82, 2.24) is 73.7 Å². The number of alkyl halides is 3. The summed E-state index contributed by atoms with van der Waals surface area (Å²) in [4.78, 5) is 168. The Morgan fingerprint density at radius 3 is 1.50 bits per heavy atom. The number of fused-ring (bicyclic) bond motifs is 1. The highest BCUT2D eigenvalue weighted by atomic mass is 35.5. The Morgan fingerprint density at radius 1 is 0.552 bits per heavy atom. The van der Waals surface area contributed by atoms with E-state index in [9.17, 15) is 61.7 Å². The number of hydrogen-bond acceptors (Lipinski definition) is 17. The van der Waals surface area contributed by atoms with E-state index in [1.54, 1.807) is 36.4 Å². The number of unbranched alkanes of at least 4 members (excludes halogenated alkanes) is 2. The van der Waals surface area contributed by atoms with E-state index < -0.39 is 138 Å². The van der Waals surface area contributed by atoms with Gasteiger partial charge in [-0.3, -0.25) is 62.9 Å². The number of carboxylic acid groups (broad SMARTS) is 1. The first kappa shape index (κ1) is 95.4. The molecule has 2 heterocycles. The van der Waals surface area contributed by atoms with Crippen molar-refractivity contribution in [2.75, 3.05) is 52.4 Å². The fourth-order valence-corrected chi connectivity index (χ4v) is 12.5. The Labute approximate surface area is 678 Å². The summed E-state index contributed by atoms with van der Waals surface area (Å²) in [5.74, 6) is -9.74. The van der Waals surface area contributed by atoms with Crippen LogP contribution in [0, 0.1) is 5.92 Å². The molecule has 1 saturated heterocycles. The van der Waals surface area contributed by atoms with Crippen molar-refractivity contribution in [2.45, 2.75) is 199 Å². The Kier molecular flexibility index (Phi) is 40.7. The molecule has 36 heteroatoms. The third-order valence-corrected chi connectivity index (χ3v) is 18.6. The average molecular weight is 1640 g/mol. The number of aliphatic hydroxyl groups is 1. The second kappa shape index (κ2) is 49.5. The van der Waals surface area contributed by atoms with Crippen molar-refractivity contribution in [3.05, 3.63) is 143 Å². The number of phenols is 1. The number of aliphatic imine (C=N–C) groups is 2. The number of nitrogens with one attached hydrogen (secondary N) is 12. The number of guanidine groups is 2. The molecule has 634 valence electrons. The van der Waals surface area contributed by atoms with Crippen molar-refractivity contribution in [1.29, 1.82) is 0 Å². The van der Waals surface area contributed by atoms with Gasteiger partial charge < -0.3 is 95.5 Å². The smallest absolute Gasteiger partial charge is 0.490 e. The lowest BCUT2D eigenvalue weighted by Gasteiger charge is -2.31. The number of nitrogens with zero attached hydrogens (tertiary/aromatic N) is 4. The molecular weight excluding hydrogens is 1530 g/mol. The van der Waals surface area contributed by atoms with Crippen molar-refractivity contribution in [3.8, 4) is 5.75 Å². The standard InChI is InChI=1S/C78H111ClN18O12.C2HF3O2/c1-8-83-77(84-9-2)87-37-16-14-23-59(69(102)93-61(40-48(5)6)70(103)91-60(24-15-17-38-88-78(85-10-3)86-11-4)76(109)97-39-19-25-66(97)75(108)89-49(7)67(81)100)90-71(104)63(44-51-29-34-57(99)35-30-51)95-74(107)65(47-98)96-73(106)64(45-53-20-18-36-82-46-53)94-72(105)62(43-50-27-32-56(79)33-28-50)92-68(101)58(80)42-52-26-31-54-21-12-13-22-55(54)41-52;3-2(4,5)1(6)7/h12-13,18,20-22,26-36,41,46,48-49,58-66,98-99H,8-11,14-17,19,23-25,37-40,42-45,47,80H2,1-7H3,(H2,81,100)(H,89,108)(H,90,104)(H,91,103)(H,92,101)(H,93,102)(H,94,105)(H,95,107)(H,96,106)(H2,83,84,87)(H2,85,86,88);(H,6,7)/t49-,58-,59-,60+,61+,62-,63+,64-,65+,66+;/m1./s1. The molecule has 0 radical (unpaired) electrons. The minimum Gasteiger partial charge on any atom is -0.508 e. The first-order chi connectivity index (χ1) is 55.3. The molecular formula is C80H112ClF3N18O14. The van der Waals surface area contributed by atoms with E-state index in [-0.39, 0.29) is 69.6 Å². The lowest BCUT2D eigenvalue weighted by atomic mass is 10.00. The molecule has 1 aliphatic heterocycles. The van der Waals surface area contributed by atoms with Crippen molar-refractivity contribution < 1.29 is 81.2 Å². The van der Waals surface area contributed by atoms with Gasteiger partial charge in [0.1, 0.15) is 60.1 Å². The molecule has 1 aliphatic rings. The van der Waals surface area contributed by atoms with Crippen molar-refractivity contribution in [3.63, 3.8) is 0 Å². The first-order valence-corrected chi connectivity index (χ1v) is 39.3. The van der Waals surface area contributed by atoms with Crippen LogP contribution < -0.4 is 75.3 Å². The molecule has 6 rings (SSSR count). The summed E-state index contributed by atoms with van der Waals surface area (Å²) in [5, 5.41) is 65.4. The number of carboxylic acids is 1. The van der Waals surface area contributed by atoms with E-state index in [0.717, 1.165) is 16.3 Å². The topological polar surface area (TPSA) is 486 Å². The molecule has 32 nitrogen and oxygen atoms in total. The lowest BCUT2D eigenvalue weighted by Crippen LogP contribution is -2.61. The van der Waals surface area contributed by atoms with Gasteiger partial charge in [-0.25, -0.2) is 4.79 Å². The van der Waals surface area contributed by atoms with Crippen LogP contribution in [0.1, 0.15) is 129 Å². The number of halogens is 4. The number of aliphatic carboxylic acids is 1. The number of nitrogens with two attached hydrogens (primary N) is 2. The number of amides is 10. The number of hydrogen-bond donors (Lipinski definition) is 17. The average Bonchev–Trinajstić information content (AvgIpc) is 1.80. The molecule has 0 unspecified atom stereocenters. The van der Waals surface area contributed by atoms with Crippen LogP contribution in [0.15, 0.2) is 126 Å². The summed E-state index contributed by atoms with van der Waals surface area (Å²) in [6.45, 7) is 15.1. The molecule has 4 aromatic carbocycles. The molecule has 19 N–H and O–H groups in total. The van der Waals surface area contributed by atoms with Crippen LogP contribution in [0.3, 0.4) is 0 Å². The highest BCUT2D eigenvalue weighted by molar-refractivity contribution is 6.30. The molecule has 10 amide bonds. The van der Waals surface area contributed by atoms with Crippen LogP contribution in [0.25, 0.3) is 10.8 Å². The van der Waals surface area contributed by atoms with Crippen LogP contribution in [0.5, 0.6) is 5.75 Å².